The number of halogens is 3. The van der Waals surface area contributed by atoms with E-state index in [-0.39, 0.29) is 29.1 Å². The van der Waals surface area contributed by atoms with Gasteiger partial charge in [-0.3, -0.25) is 4.79 Å². The minimum Gasteiger partial charge on any atom is -0.351 e. The van der Waals surface area contributed by atoms with E-state index >= 15 is 0 Å². The monoisotopic (exact) mass is 344 g/mol. The number of thioether (sulfide) groups is 1. The molecule has 2 rings (SSSR count). The Bertz CT molecular complexity index is 628. The van der Waals surface area contributed by atoms with E-state index in [2.05, 4.69) is 15.3 Å². The number of nitrogens with zero attached hydrogens (tertiary/aromatic N) is 1. The van der Waals surface area contributed by atoms with E-state index in [1.165, 1.54) is 30.6 Å². The molecular formula is C14H15F3N4OS. The third kappa shape index (κ3) is 5.95. The normalized spacial score (nSPS) is 12.9. The average molecular weight is 344 g/mol. The molecule has 4 N–H and O–H groups in total. The molecular weight excluding hydrogens is 329 g/mol. The summed E-state index contributed by atoms with van der Waals surface area (Å²) in [6, 6.07) is 5.08. The number of benzene rings is 1. The lowest BCUT2D eigenvalue weighted by Gasteiger charge is -2.12. The van der Waals surface area contributed by atoms with Crippen LogP contribution in [0.15, 0.2) is 41.7 Å². The Hall–Kier alpha value is -2.00. The lowest BCUT2D eigenvalue weighted by Crippen LogP contribution is -2.41. The number of carbonyl (C=O) groups is 1. The van der Waals surface area contributed by atoms with Crippen LogP contribution in [0.2, 0.25) is 0 Å². The van der Waals surface area contributed by atoms with Gasteiger partial charge in [-0.1, -0.05) is 12.1 Å². The smallest absolute Gasteiger partial charge is 0.351 e. The topological polar surface area (TPSA) is 83.8 Å². The molecule has 1 amide bonds. The van der Waals surface area contributed by atoms with Crippen molar-refractivity contribution in [3.63, 3.8) is 0 Å². The first-order valence-corrected chi connectivity index (χ1v) is 7.50. The SMILES string of the molecule is N[C@@H](Cc1cnc[nH]1)C(=O)NCc1ccc(SC(F)(F)F)cc1. The largest absolute Gasteiger partial charge is 0.446 e. The number of hydrogen-bond acceptors (Lipinski definition) is 4. The van der Waals surface area contributed by atoms with Gasteiger partial charge in [0.2, 0.25) is 5.91 Å². The van der Waals surface area contributed by atoms with E-state index < -0.39 is 11.6 Å². The summed E-state index contributed by atoms with van der Waals surface area (Å²) in [7, 11) is 0. The number of aromatic nitrogens is 2. The van der Waals surface area contributed by atoms with Crippen molar-refractivity contribution in [3.05, 3.63) is 48.0 Å². The lowest BCUT2D eigenvalue weighted by molar-refractivity contribution is -0.122. The number of aromatic amines is 1. The Labute approximate surface area is 134 Å². The minimum atomic E-state index is -4.31. The minimum absolute atomic E-state index is 0.100. The second-order valence-electron chi connectivity index (χ2n) is 4.80. The van der Waals surface area contributed by atoms with Crippen LogP contribution in [0.25, 0.3) is 0 Å². The molecule has 2 aromatic rings. The fourth-order valence-corrected chi connectivity index (χ4v) is 2.39. The Kier molecular flexibility index (Phi) is 5.67. The van der Waals surface area contributed by atoms with Crippen molar-refractivity contribution >= 4 is 17.7 Å². The highest BCUT2D eigenvalue weighted by Gasteiger charge is 2.29. The van der Waals surface area contributed by atoms with E-state index in [0.717, 1.165) is 5.69 Å². The van der Waals surface area contributed by atoms with Crippen molar-refractivity contribution in [2.45, 2.75) is 29.4 Å². The van der Waals surface area contributed by atoms with Crippen LogP contribution in [-0.4, -0.2) is 27.4 Å². The van der Waals surface area contributed by atoms with Gasteiger partial charge in [-0.15, -0.1) is 0 Å². The molecule has 1 aromatic carbocycles. The van der Waals surface area contributed by atoms with Crippen molar-refractivity contribution in [3.8, 4) is 0 Å². The predicted octanol–water partition coefficient (Wildman–Crippen LogP) is 2.21. The van der Waals surface area contributed by atoms with Crippen LogP contribution in [-0.2, 0) is 17.8 Å². The van der Waals surface area contributed by atoms with Crippen LogP contribution in [0.1, 0.15) is 11.3 Å². The van der Waals surface area contributed by atoms with Crippen LogP contribution in [0.5, 0.6) is 0 Å². The molecule has 0 unspecified atom stereocenters. The zero-order valence-electron chi connectivity index (χ0n) is 11.9. The molecule has 0 aliphatic heterocycles. The van der Waals surface area contributed by atoms with E-state index in [1.54, 1.807) is 6.20 Å². The Morgan fingerprint density at radius 2 is 2.04 bits per heavy atom. The average Bonchev–Trinajstić information content (AvgIpc) is 2.97. The number of amides is 1. The predicted molar refractivity (Wildman–Crippen MR) is 80.5 cm³/mol. The van der Waals surface area contributed by atoms with Gasteiger partial charge < -0.3 is 16.0 Å². The first kappa shape index (κ1) is 17.4. The maximum Gasteiger partial charge on any atom is 0.446 e. The zero-order valence-corrected chi connectivity index (χ0v) is 12.7. The second-order valence-corrected chi connectivity index (χ2v) is 5.94. The number of nitrogens with one attached hydrogen (secondary N) is 2. The molecule has 0 aliphatic rings. The molecule has 0 saturated heterocycles. The van der Waals surface area contributed by atoms with Gasteiger partial charge in [0.05, 0.1) is 12.4 Å². The van der Waals surface area contributed by atoms with Gasteiger partial charge in [0, 0.05) is 29.8 Å². The third-order valence-electron chi connectivity index (χ3n) is 2.96. The Morgan fingerprint density at radius 3 is 2.61 bits per heavy atom. The van der Waals surface area contributed by atoms with E-state index in [1.807, 2.05) is 0 Å². The highest BCUT2D eigenvalue weighted by Crippen LogP contribution is 2.36. The number of hydrogen-bond donors (Lipinski definition) is 3. The Morgan fingerprint density at radius 1 is 1.35 bits per heavy atom. The van der Waals surface area contributed by atoms with E-state index in [9.17, 15) is 18.0 Å². The molecule has 1 aromatic heterocycles. The van der Waals surface area contributed by atoms with Gasteiger partial charge >= 0.3 is 5.51 Å². The number of nitrogens with two attached hydrogens (primary N) is 1. The van der Waals surface area contributed by atoms with Crippen molar-refractivity contribution in [2.75, 3.05) is 0 Å². The summed E-state index contributed by atoms with van der Waals surface area (Å²) in [5.74, 6) is -0.339. The summed E-state index contributed by atoms with van der Waals surface area (Å²) >= 11 is -0.176. The maximum absolute atomic E-state index is 12.2. The number of carbonyl (C=O) groups excluding carboxylic acids is 1. The molecule has 23 heavy (non-hydrogen) atoms. The first-order chi connectivity index (χ1) is 10.8. The van der Waals surface area contributed by atoms with Gasteiger partial charge in [-0.2, -0.15) is 13.2 Å². The summed E-state index contributed by atoms with van der Waals surface area (Å²) in [5.41, 5.74) is 2.91. The summed E-state index contributed by atoms with van der Waals surface area (Å²) < 4.78 is 36.7. The first-order valence-electron chi connectivity index (χ1n) is 6.69. The molecule has 0 radical (unpaired) electrons. The highest BCUT2D eigenvalue weighted by molar-refractivity contribution is 8.00. The lowest BCUT2D eigenvalue weighted by atomic mass is 10.1. The van der Waals surface area contributed by atoms with Crippen LogP contribution in [0, 0.1) is 0 Å². The fourth-order valence-electron chi connectivity index (χ4n) is 1.86. The summed E-state index contributed by atoms with van der Waals surface area (Å²) in [4.78, 5) is 18.7. The van der Waals surface area contributed by atoms with Gasteiger partial charge in [0.15, 0.2) is 0 Å². The van der Waals surface area contributed by atoms with Gasteiger partial charge in [0.25, 0.3) is 0 Å². The Balaban J connectivity index is 1.82. The highest BCUT2D eigenvalue weighted by atomic mass is 32.2. The molecule has 1 atom stereocenters. The maximum atomic E-state index is 12.2. The van der Waals surface area contributed by atoms with Crippen LogP contribution in [0.3, 0.4) is 0 Å². The van der Waals surface area contributed by atoms with Crippen molar-refractivity contribution < 1.29 is 18.0 Å². The van der Waals surface area contributed by atoms with Crippen LogP contribution < -0.4 is 11.1 Å². The zero-order chi connectivity index (χ0) is 16.9. The molecule has 0 spiro atoms. The number of imidazole rings is 1. The summed E-state index contributed by atoms with van der Waals surface area (Å²) in [6.45, 7) is 0.201. The molecule has 0 bridgehead atoms. The van der Waals surface area contributed by atoms with E-state index in [4.69, 9.17) is 5.73 Å². The summed E-state index contributed by atoms with van der Waals surface area (Å²) in [5, 5.41) is 2.65. The third-order valence-corrected chi connectivity index (χ3v) is 3.69. The summed E-state index contributed by atoms with van der Waals surface area (Å²) in [6.07, 6.45) is 3.41. The number of alkyl halides is 3. The molecule has 124 valence electrons. The van der Waals surface area contributed by atoms with Crippen LogP contribution >= 0.6 is 11.8 Å². The number of H-pyrrole nitrogens is 1. The molecule has 5 nitrogen and oxygen atoms in total. The molecule has 0 fully saturated rings. The second kappa shape index (κ2) is 7.51. The molecule has 1 heterocycles. The van der Waals surface area contributed by atoms with Gasteiger partial charge in [-0.25, -0.2) is 4.98 Å². The molecule has 0 saturated carbocycles. The quantitative estimate of drug-likeness (QED) is 0.702. The van der Waals surface area contributed by atoms with Crippen molar-refractivity contribution in [1.82, 2.24) is 15.3 Å². The van der Waals surface area contributed by atoms with Gasteiger partial charge in [0.1, 0.15) is 0 Å². The number of rotatable bonds is 6. The molecule has 0 aliphatic carbocycles. The van der Waals surface area contributed by atoms with Crippen molar-refractivity contribution in [1.29, 1.82) is 0 Å². The van der Waals surface area contributed by atoms with E-state index in [0.29, 0.717) is 12.0 Å². The standard InChI is InChI=1S/C14H15F3N4OS/c15-14(16,17)23-11-3-1-9(2-4-11)6-20-13(22)12(18)5-10-7-19-8-21-10/h1-4,7-8,12H,5-6,18H2,(H,19,21)(H,20,22)/t12-/m0/s1. The van der Waals surface area contributed by atoms with Gasteiger partial charge in [-0.05, 0) is 29.5 Å². The van der Waals surface area contributed by atoms with Crippen LogP contribution in [0.4, 0.5) is 13.2 Å². The van der Waals surface area contributed by atoms with Crippen molar-refractivity contribution in [2.24, 2.45) is 5.73 Å². The molecule has 9 heteroatoms. The fraction of sp³-hybridized carbons (Fsp3) is 0.286.